The van der Waals surface area contributed by atoms with Crippen LogP contribution >= 0.6 is 0 Å². The molecule has 1 fully saturated rings. The molecule has 0 radical (unpaired) electrons. The zero-order chi connectivity index (χ0) is 32.7. The molecular weight excluding hydrogens is 573 g/mol. The van der Waals surface area contributed by atoms with Crippen LogP contribution in [0, 0.1) is 5.82 Å². The van der Waals surface area contributed by atoms with Crippen molar-refractivity contribution < 1.29 is 18.7 Å². The summed E-state index contributed by atoms with van der Waals surface area (Å²) in [6.07, 6.45) is 2.31. The van der Waals surface area contributed by atoms with Gasteiger partial charge in [-0.15, -0.1) is 0 Å². The van der Waals surface area contributed by atoms with Crippen molar-refractivity contribution in [2.45, 2.75) is 69.9 Å². The van der Waals surface area contributed by atoms with Crippen LogP contribution in [-0.2, 0) is 27.4 Å². The van der Waals surface area contributed by atoms with Crippen LogP contribution in [-0.4, -0.2) is 109 Å². The van der Waals surface area contributed by atoms with Crippen molar-refractivity contribution in [3.05, 3.63) is 71.0 Å². The average Bonchev–Trinajstić information content (AvgIpc) is 3.34. The summed E-state index contributed by atoms with van der Waals surface area (Å²) in [6, 6.07) is 14.1. The van der Waals surface area contributed by atoms with Crippen molar-refractivity contribution in [3.8, 4) is 0 Å². The Morgan fingerprint density at radius 3 is 2.49 bits per heavy atom. The summed E-state index contributed by atoms with van der Waals surface area (Å²) in [4.78, 5) is 40.6. The van der Waals surface area contributed by atoms with E-state index in [2.05, 4.69) is 10.2 Å². The number of carbonyl (C=O) groups is 2. The van der Waals surface area contributed by atoms with Crippen LogP contribution in [0.1, 0.15) is 55.9 Å². The number of carbonyl (C=O) groups excluding carboxylic acids is 2. The topological polar surface area (TPSA) is 107 Å². The van der Waals surface area contributed by atoms with E-state index in [-0.39, 0.29) is 43.6 Å². The van der Waals surface area contributed by atoms with E-state index in [0.29, 0.717) is 36.7 Å². The monoisotopic (exact) mass is 623 g/mol. The van der Waals surface area contributed by atoms with Crippen LogP contribution in [0.5, 0.6) is 0 Å². The van der Waals surface area contributed by atoms with Gasteiger partial charge in [0, 0.05) is 31.7 Å². The first kappa shape index (κ1) is 34.3. The molecule has 2 amide bonds. The number of nitrogens with one attached hydrogen (secondary N) is 1. The first-order valence-corrected chi connectivity index (χ1v) is 15.8. The molecule has 2 aliphatic heterocycles. The number of nitrogens with two attached hydrogens (primary N) is 1. The third-order valence-electron chi connectivity index (χ3n) is 8.63. The molecule has 1 unspecified atom stereocenters. The number of piperazine rings is 1. The average molecular weight is 624 g/mol. The number of halogens is 1. The lowest BCUT2D eigenvalue weighted by atomic mass is 9.93. The largest absolute Gasteiger partial charge is 0.454 e. The Morgan fingerprint density at radius 2 is 1.84 bits per heavy atom. The Morgan fingerprint density at radius 1 is 1.11 bits per heavy atom. The van der Waals surface area contributed by atoms with Crippen LogP contribution in [0.15, 0.2) is 53.5 Å². The fraction of sp³-hybridized carbons (Fsp3) is 0.559. The molecule has 2 aromatic carbocycles. The van der Waals surface area contributed by atoms with Crippen molar-refractivity contribution >= 4 is 17.8 Å². The maximum atomic E-state index is 14.4. The van der Waals surface area contributed by atoms with E-state index in [9.17, 15) is 14.0 Å². The van der Waals surface area contributed by atoms with Gasteiger partial charge in [-0.1, -0.05) is 48.9 Å². The van der Waals surface area contributed by atoms with Crippen LogP contribution < -0.4 is 11.1 Å². The summed E-state index contributed by atoms with van der Waals surface area (Å²) in [5.74, 6) is -0.779. The van der Waals surface area contributed by atoms with Crippen LogP contribution in [0.3, 0.4) is 0 Å². The van der Waals surface area contributed by atoms with Gasteiger partial charge in [-0.2, -0.15) is 0 Å². The number of hydrogen-bond donors (Lipinski definition) is 2. The number of nitrogens with zero attached hydrogens (tertiary/aromatic N) is 5. The number of aliphatic imine (C=N–C) groups is 1. The normalized spacial score (nSPS) is 20.3. The molecule has 11 heteroatoms. The number of amides is 2. The van der Waals surface area contributed by atoms with Gasteiger partial charge in [0.15, 0.2) is 6.10 Å². The highest BCUT2D eigenvalue weighted by atomic mass is 19.1. The molecule has 0 bridgehead atoms. The predicted molar refractivity (Wildman–Crippen MR) is 175 cm³/mol. The van der Waals surface area contributed by atoms with Gasteiger partial charge in [0.2, 0.25) is 11.8 Å². The maximum Gasteiger partial charge on any atom is 0.288 e. The van der Waals surface area contributed by atoms with Gasteiger partial charge in [0.25, 0.3) is 6.02 Å². The fourth-order valence-corrected chi connectivity index (χ4v) is 6.01. The molecule has 0 saturated carbocycles. The molecule has 2 aromatic rings. The Kier molecular flexibility index (Phi) is 11.6. The van der Waals surface area contributed by atoms with Gasteiger partial charge in [0.05, 0.1) is 12.6 Å². The van der Waals surface area contributed by atoms with Crippen molar-refractivity contribution in [1.29, 1.82) is 0 Å². The zero-order valence-corrected chi connectivity index (χ0v) is 27.6. The maximum absolute atomic E-state index is 14.4. The number of likely N-dealkylation sites (N-methyl/N-ethyl adjacent to an activating group) is 1. The van der Waals surface area contributed by atoms with Crippen LogP contribution in [0.2, 0.25) is 0 Å². The lowest BCUT2D eigenvalue weighted by Crippen LogP contribution is -2.64. The predicted octanol–water partition coefficient (Wildman–Crippen LogP) is 2.98. The minimum Gasteiger partial charge on any atom is -0.454 e. The third-order valence-corrected chi connectivity index (χ3v) is 8.63. The third kappa shape index (κ3) is 8.59. The Balaban J connectivity index is 1.53. The van der Waals surface area contributed by atoms with E-state index in [1.54, 1.807) is 17.0 Å². The molecule has 0 aromatic heterocycles. The van der Waals surface area contributed by atoms with E-state index in [0.717, 1.165) is 24.9 Å². The van der Waals surface area contributed by atoms with Crippen LogP contribution in [0.4, 0.5) is 4.39 Å². The molecule has 2 aliphatic rings. The fourth-order valence-electron chi connectivity index (χ4n) is 6.01. The SMILES string of the molecule is CN(C)CCCC[C@H](C(=O)N1CCN(C2=NC(C)(C)C(c3ccccc3)O2)C[C@H]1C(=O)NCc1ccc(CN)c(F)c1)N(C)C. The number of hydrogen-bond acceptors (Lipinski definition) is 8. The molecule has 45 heavy (non-hydrogen) atoms. The zero-order valence-electron chi connectivity index (χ0n) is 27.6. The van der Waals surface area contributed by atoms with E-state index in [1.165, 1.54) is 6.07 Å². The second-order valence-electron chi connectivity index (χ2n) is 13.1. The van der Waals surface area contributed by atoms with Gasteiger partial charge in [-0.05, 0) is 78.6 Å². The summed E-state index contributed by atoms with van der Waals surface area (Å²) in [6.45, 7) is 6.31. The summed E-state index contributed by atoms with van der Waals surface area (Å²) < 4.78 is 20.8. The molecule has 2 heterocycles. The second-order valence-corrected chi connectivity index (χ2v) is 13.1. The van der Waals surface area contributed by atoms with Crippen molar-refractivity contribution in [2.24, 2.45) is 10.7 Å². The molecule has 0 aliphatic carbocycles. The van der Waals surface area contributed by atoms with Crippen molar-refractivity contribution in [1.82, 2.24) is 24.9 Å². The van der Waals surface area contributed by atoms with Crippen molar-refractivity contribution in [2.75, 3.05) is 54.4 Å². The molecule has 4 rings (SSSR count). The molecule has 10 nitrogen and oxygen atoms in total. The highest BCUT2D eigenvalue weighted by Gasteiger charge is 2.45. The van der Waals surface area contributed by atoms with E-state index in [1.807, 2.05) is 82.2 Å². The van der Waals surface area contributed by atoms with Gasteiger partial charge in [-0.3, -0.25) is 14.5 Å². The molecule has 246 valence electrons. The quantitative estimate of drug-likeness (QED) is 0.350. The summed E-state index contributed by atoms with van der Waals surface area (Å²) in [5.41, 5.74) is 7.16. The van der Waals surface area contributed by atoms with E-state index >= 15 is 0 Å². The molecule has 3 N–H and O–H groups in total. The number of ether oxygens (including phenoxy) is 1. The highest BCUT2D eigenvalue weighted by Crippen LogP contribution is 2.38. The minimum atomic E-state index is -0.783. The number of unbranched alkanes of at least 4 members (excludes halogenated alkanes) is 1. The number of benzene rings is 2. The summed E-state index contributed by atoms with van der Waals surface area (Å²) in [5, 5.41) is 2.96. The Bertz CT molecular complexity index is 1330. The van der Waals surface area contributed by atoms with Gasteiger partial charge < -0.3 is 30.5 Å². The van der Waals surface area contributed by atoms with E-state index < -0.39 is 17.4 Å². The van der Waals surface area contributed by atoms with Gasteiger partial charge in [-0.25, -0.2) is 9.38 Å². The van der Waals surface area contributed by atoms with Crippen molar-refractivity contribution in [3.63, 3.8) is 0 Å². The van der Waals surface area contributed by atoms with Gasteiger partial charge in [0.1, 0.15) is 17.4 Å². The van der Waals surface area contributed by atoms with Crippen LogP contribution in [0.25, 0.3) is 0 Å². The first-order valence-electron chi connectivity index (χ1n) is 15.8. The lowest BCUT2D eigenvalue weighted by Gasteiger charge is -2.42. The Hall–Kier alpha value is -3.54. The first-order chi connectivity index (χ1) is 21.4. The number of rotatable bonds is 12. The summed E-state index contributed by atoms with van der Waals surface area (Å²) >= 11 is 0. The Labute approximate surface area is 267 Å². The van der Waals surface area contributed by atoms with Gasteiger partial charge >= 0.3 is 0 Å². The summed E-state index contributed by atoms with van der Waals surface area (Å²) in [7, 11) is 7.90. The lowest BCUT2D eigenvalue weighted by molar-refractivity contribution is -0.147. The second kappa shape index (κ2) is 15.2. The molecule has 3 atom stereocenters. The molecule has 0 spiro atoms. The minimum absolute atomic E-state index is 0.0697. The smallest absolute Gasteiger partial charge is 0.288 e. The molecular formula is C34H50FN7O3. The standard InChI is InChI=1S/C34H50FN7O3/c1-34(2)30(25-12-8-7-9-13-25)45-33(38-34)41-18-19-42(32(44)28(40(5)6)14-10-11-17-39(3)4)29(23-41)31(43)37-22-24-15-16-26(21-36)27(35)20-24/h7-9,12-13,15-16,20,28-30H,10-11,14,17-19,21-23,36H2,1-6H3,(H,37,43)/t28-,29+,30?/m1/s1. The van der Waals surface area contributed by atoms with E-state index in [4.69, 9.17) is 15.5 Å². The highest BCUT2D eigenvalue weighted by molar-refractivity contribution is 5.91. The molecule has 1 saturated heterocycles. The number of amidine groups is 1.